The Balaban J connectivity index is 1.11. The Hall–Kier alpha value is -4.58. The molecule has 0 saturated heterocycles. The smallest absolute Gasteiger partial charge is 0.323 e. The lowest BCUT2D eigenvalue weighted by Gasteiger charge is -2.27. The fraction of sp³-hybridized carbons (Fsp3) is 0.435. The van der Waals surface area contributed by atoms with Gasteiger partial charge in [0.05, 0.1) is 0 Å². The van der Waals surface area contributed by atoms with Gasteiger partial charge in [-0.15, -0.1) is 0 Å². The van der Waals surface area contributed by atoms with Crippen LogP contribution < -0.4 is 18.9 Å². The molecule has 0 aliphatic carbocycles. The van der Waals surface area contributed by atoms with Crippen LogP contribution in [0.3, 0.4) is 0 Å². The van der Waals surface area contributed by atoms with E-state index in [1.807, 2.05) is 48.5 Å². The summed E-state index contributed by atoms with van der Waals surface area (Å²) < 4.78 is 23.9. The summed E-state index contributed by atoms with van der Waals surface area (Å²) in [4.78, 5) is 26.5. The van der Waals surface area contributed by atoms with Crippen LogP contribution in [0.2, 0.25) is 0 Å². The van der Waals surface area contributed by atoms with Gasteiger partial charge in [-0.1, -0.05) is 132 Å². The fourth-order valence-electron chi connectivity index (χ4n) is 6.98. The highest BCUT2D eigenvalue weighted by Crippen LogP contribution is 2.49. The molecule has 4 aromatic carbocycles. The first-order valence-corrected chi connectivity index (χ1v) is 18.4. The number of carbonyl (C=O) groups is 2. The second-order valence-corrected chi connectivity index (χ2v) is 18.4. The van der Waals surface area contributed by atoms with Crippen LogP contribution in [0, 0.1) is 0 Å². The SMILES string of the molecule is CC(C)(C)c1cc2c(c(C(C)(C)C)c1)OC(=O)C2c1ccc(OCCOc2ccc(C3C(=O)Oc4c3cc(C(C)(C)C)cc4C(C)(C)C)cc2)cc1. The summed E-state index contributed by atoms with van der Waals surface area (Å²) in [7, 11) is 0. The second-order valence-electron chi connectivity index (χ2n) is 18.4. The van der Waals surface area contributed by atoms with Gasteiger partial charge in [-0.2, -0.15) is 0 Å². The molecule has 4 aromatic rings. The first-order chi connectivity index (χ1) is 24.1. The third kappa shape index (κ3) is 7.35. The third-order valence-corrected chi connectivity index (χ3v) is 10.1. The van der Waals surface area contributed by atoms with E-state index in [9.17, 15) is 9.59 Å². The number of carbonyl (C=O) groups excluding carboxylic acids is 2. The van der Waals surface area contributed by atoms with Gasteiger partial charge in [-0.3, -0.25) is 9.59 Å². The topological polar surface area (TPSA) is 71.1 Å². The molecule has 274 valence electrons. The van der Waals surface area contributed by atoms with Crippen molar-refractivity contribution in [3.05, 3.63) is 117 Å². The highest BCUT2D eigenvalue weighted by Gasteiger charge is 2.41. The molecule has 0 radical (unpaired) electrons. The number of rotatable bonds is 7. The first-order valence-electron chi connectivity index (χ1n) is 18.4. The molecule has 52 heavy (non-hydrogen) atoms. The fourth-order valence-corrected chi connectivity index (χ4v) is 6.98. The normalized spacial score (nSPS) is 17.4. The van der Waals surface area contributed by atoms with Gasteiger partial charge in [0, 0.05) is 22.3 Å². The lowest BCUT2D eigenvalue weighted by molar-refractivity contribution is -0.134. The molecule has 0 amide bonds. The highest BCUT2D eigenvalue weighted by molar-refractivity contribution is 5.91. The maximum absolute atomic E-state index is 13.3. The van der Waals surface area contributed by atoms with Gasteiger partial charge in [-0.25, -0.2) is 0 Å². The number of hydrogen-bond donors (Lipinski definition) is 0. The molecule has 6 heteroatoms. The summed E-state index contributed by atoms with van der Waals surface area (Å²) in [6.07, 6.45) is 0. The molecule has 2 aliphatic heterocycles. The molecule has 0 N–H and O–H groups in total. The van der Waals surface area contributed by atoms with Crippen LogP contribution >= 0.6 is 0 Å². The Labute approximate surface area is 309 Å². The Morgan fingerprint density at radius 2 is 0.808 bits per heavy atom. The molecule has 0 fully saturated rings. The van der Waals surface area contributed by atoms with Crippen molar-refractivity contribution in [2.45, 2.75) is 117 Å². The van der Waals surface area contributed by atoms with Crippen LogP contribution in [-0.2, 0) is 31.2 Å². The van der Waals surface area contributed by atoms with Crippen molar-refractivity contribution in [3.63, 3.8) is 0 Å². The standard InChI is InChI=1S/C46H54O6/c1-43(2,3)29-23-33-37(41(47)51-39(33)35(25-29)45(7,8)9)27-13-17-31(18-14-27)49-21-22-50-32-19-15-28(16-20-32)38-34-24-30(44(4,5)6)26-36(46(10,11)12)40(34)52-42(38)48/h13-20,23-26,37-38H,21-22H2,1-12H3. The van der Waals surface area contributed by atoms with E-state index in [2.05, 4.69) is 107 Å². The maximum atomic E-state index is 13.3. The van der Waals surface area contributed by atoms with Gasteiger partial charge in [0.25, 0.3) is 0 Å². The summed E-state index contributed by atoms with van der Waals surface area (Å²) in [5.74, 6) is 1.29. The number of fused-ring (bicyclic) bond motifs is 2. The summed E-state index contributed by atoms with van der Waals surface area (Å²) >= 11 is 0. The third-order valence-electron chi connectivity index (χ3n) is 10.1. The molecule has 6 rings (SSSR count). The van der Waals surface area contributed by atoms with Crippen LogP contribution in [0.15, 0.2) is 72.8 Å². The molecule has 0 bridgehead atoms. The van der Waals surface area contributed by atoms with Gasteiger partial charge in [-0.05, 0) is 68.2 Å². The van der Waals surface area contributed by atoms with E-state index in [0.29, 0.717) is 36.2 Å². The van der Waals surface area contributed by atoms with Gasteiger partial charge in [0.1, 0.15) is 48.0 Å². The van der Waals surface area contributed by atoms with E-state index in [-0.39, 0.29) is 33.6 Å². The molecule has 6 nitrogen and oxygen atoms in total. The molecular formula is C46H54O6. The van der Waals surface area contributed by atoms with Crippen LogP contribution in [0.5, 0.6) is 23.0 Å². The molecule has 2 heterocycles. The van der Waals surface area contributed by atoms with Gasteiger partial charge < -0.3 is 18.9 Å². The van der Waals surface area contributed by atoms with Gasteiger partial charge >= 0.3 is 11.9 Å². The predicted octanol–water partition coefficient (Wildman–Crippen LogP) is 10.4. The number of benzene rings is 4. The molecular weight excluding hydrogens is 648 g/mol. The van der Waals surface area contributed by atoms with Crippen molar-refractivity contribution in [2.75, 3.05) is 13.2 Å². The van der Waals surface area contributed by atoms with E-state index in [1.165, 1.54) is 11.1 Å². The van der Waals surface area contributed by atoms with E-state index in [4.69, 9.17) is 18.9 Å². The minimum Gasteiger partial charge on any atom is -0.490 e. The molecule has 2 unspecified atom stereocenters. The molecule has 2 aliphatic rings. The van der Waals surface area contributed by atoms with Gasteiger partial charge in [0.2, 0.25) is 0 Å². The van der Waals surface area contributed by atoms with E-state index in [0.717, 1.165) is 33.4 Å². The molecule has 2 atom stereocenters. The Bertz CT molecular complexity index is 1840. The van der Waals surface area contributed by atoms with E-state index in [1.54, 1.807) is 0 Å². The highest BCUT2D eigenvalue weighted by atomic mass is 16.5. The molecule has 0 aromatic heterocycles. The first kappa shape index (κ1) is 37.2. The lowest BCUT2D eigenvalue weighted by atomic mass is 9.77. The van der Waals surface area contributed by atoms with Gasteiger partial charge in [0.15, 0.2) is 0 Å². The number of esters is 2. The average Bonchev–Trinajstić information content (AvgIpc) is 3.55. The van der Waals surface area contributed by atoms with Crippen molar-refractivity contribution < 1.29 is 28.5 Å². The van der Waals surface area contributed by atoms with Crippen molar-refractivity contribution in [1.29, 1.82) is 0 Å². The summed E-state index contributed by atoms with van der Waals surface area (Å²) in [6.45, 7) is 26.7. The maximum Gasteiger partial charge on any atom is 0.323 e. The zero-order chi connectivity index (χ0) is 38.0. The second kappa shape index (κ2) is 13.1. The minimum atomic E-state index is -0.487. The largest absolute Gasteiger partial charge is 0.490 e. The molecule has 0 saturated carbocycles. The van der Waals surface area contributed by atoms with Crippen LogP contribution in [0.1, 0.15) is 139 Å². The van der Waals surface area contributed by atoms with Crippen molar-refractivity contribution in [2.24, 2.45) is 0 Å². The van der Waals surface area contributed by atoms with E-state index < -0.39 is 11.8 Å². The average molecular weight is 703 g/mol. The lowest BCUT2D eigenvalue weighted by Crippen LogP contribution is -2.17. The summed E-state index contributed by atoms with van der Waals surface area (Å²) in [6, 6.07) is 24.0. The Kier molecular flexibility index (Phi) is 9.39. The monoisotopic (exact) mass is 702 g/mol. The number of hydrogen-bond acceptors (Lipinski definition) is 6. The Morgan fingerprint density at radius 3 is 1.10 bits per heavy atom. The number of ether oxygens (including phenoxy) is 4. The quantitative estimate of drug-likeness (QED) is 0.108. The minimum absolute atomic E-state index is 0.0732. The van der Waals surface area contributed by atoms with Crippen molar-refractivity contribution in [3.8, 4) is 23.0 Å². The predicted molar refractivity (Wildman–Crippen MR) is 207 cm³/mol. The molecule has 0 spiro atoms. The van der Waals surface area contributed by atoms with Crippen LogP contribution in [0.25, 0.3) is 0 Å². The van der Waals surface area contributed by atoms with Crippen LogP contribution in [0.4, 0.5) is 0 Å². The zero-order valence-electron chi connectivity index (χ0n) is 32.9. The van der Waals surface area contributed by atoms with Crippen LogP contribution in [-0.4, -0.2) is 25.2 Å². The summed E-state index contributed by atoms with van der Waals surface area (Å²) in [5, 5.41) is 0. The van der Waals surface area contributed by atoms with Crippen molar-refractivity contribution >= 4 is 11.9 Å². The van der Waals surface area contributed by atoms with Crippen molar-refractivity contribution in [1.82, 2.24) is 0 Å². The Morgan fingerprint density at radius 1 is 0.481 bits per heavy atom. The zero-order valence-corrected chi connectivity index (χ0v) is 32.9. The summed E-state index contributed by atoms with van der Waals surface area (Å²) in [5.41, 5.74) is 7.57. The van der Waals surface area contributed by atoms with E-state index >= 15 is 0 Å².